The van der Waals surface area contributed by atoms with Crippen LogP contribution in [0.4, 0.5) is 5.69 Å². The molecule has 3 N–H and O–H groups in total. The molecule has 1 heterocycles. The molecular formula is C18H20N2O2. The SMILES string of the molecule is Nc1ccc(C2CN(Cc3ccccc3)CC2C(=O)O)cc1. The highest BCUT2D eigenvalue weighted by molar-refractivity contribution is 5.72. The largest absolute Gasteiger partial charge is 0.481 e. The van der Waals surface area contributed by atoms with Gasteiger partial charge in [-0.15, -0.1) is 0 Å². The fraction of sp³-hybridized carbons (Fsp3) is 0.278. The normalized spacial score (nSPS) is 21.8. The van der Waals surface area contributed by atoms with Crippen LogP contribution in [0.1, 0.15) is 17.0 Å². The van der Waals surface area contributed by atoms with Gasteiger partial charge in [0.15, 0.2) is 0 Å². The Bertz CT molecular complexity index is 640. The van der Waals surface area contributed by atoms with Crippen LogP contribution in [-0.2, 0) is 11.3 Å². The van der Waals surface area contributed by atoms with Gasteiger partial charge in [0.2, 0.25) is 0 Å². The zero-order valence-electron chi connectivity index (χ0n) is 12.4. The van der Waals surface area contributed by atoms with Crippen molar-refractivity contribution in [2.75, 3.05) is 18.8 Å². The third-order valence-corrected chi connectivity index (χ3v) is 4.33. The van der Waals surface area contributed by atoms with E-state index in [9.17, 15) is 9.90 Å². The maximum absolute atomic E-state index is 11.6. The van der Waals surface area contributed by atoms with E-state index in [1.54, 1.807) is 0 Å². The van der Waals surface area contributed by atoms with E-state index in [2.05, 4.69) is 17.0 Å². The highest BCUT2D eigenvalue weighted by Gasteiger charge is 2.38. The molecule has 22 heavy (non-hydrogen) atoms. The topological polar surface area (TPSA) is 66.6 Å². The standard InChI is InChI=1S/C18H20N2O2/c19-15-8-6-14(7-9-15)16-11-20(12-17(16)18(21)22)10-13-4-2-1-3-5-13/h1-9,16-17H,10-12,19H2,(H,21,22). The molecule has 4 heteroatoms. The lowest BCUT2D eigenvalue weighted by atomic mass is 9.89. The molecule has 0 saturated carbocycles. The van der Waals surface area contributed by atoms with Crippen LogP contribution in [0.25, 0.3) is 0 Å². The van der Waals surface area contributed by atoms with E-state index in [1.165, 1.54) is 5.56 Å². The molecule has 0 bridgehead atoms. The predicted octanol–water partition coefficient (Wildman–Crippen LogP) is 2.57. The molecule has 4 nitrogen and oxygen atoms in total. The van der Waals surface area contributed by atoms with Gasteiger partial charge in [0, 0.05) is 31.2 Å². The molecule has 0 spiro atoms. The van der Waals surface area contributed by atoms with Crippen molar-refractivity contribution in [3.05, 3.63) is 65.7 Å². The monoisotopic (exact) mass is 296 g/mol. The minimum Gasteiger partial charge on any atom is -0.481 e. The van der Waals surface area contributed by atoms with Gasteiger partial charge >= 0.3 is 5.97 Å². The Kier molecular flexibility index (Phi) is 4.11. The number of nitrogen functional groups attached to an aromatic ring is 1. The number of carboxylic acid groups (broad SMARTS) is 1. The number of benzene rings is 2. The highest BCUT2D eigenvalue weighted by atomic mass is 16.4. The Morgan fingerprint density at radius 2 is 1.77 bits per heavy atom. The van der Waals surface area contributed by atoms with Crippen molar-refractivity contribution >= 4 is 11.7 Å². The maximum atomic E-state index is 11.6. The maximum Gasteiger partial charge on any atom is 0.308 e. The molecule has 1 fully saturated rings. The molecule has 0 aliphatic carbocycles. The summed E-state index contributed by atoms with van der Waals surface area (Å²) in [5.41, 5.74) is 8.69. The molecule has 2 atom stereocenters. The van der Waals surface area contributed by atoms with Crippen molar-refractivity contribution in [3.63, 3.8) is 0 Å². The van der Waals surface area contributed by atoms with E-state index in [1.807, 2.05) is 42.5 Å². The zero-order valence-corrected chi connectivity index (χ0v) is 12.4. The van der Waals surface area contributed by atoms with Crippen LogP contribution in [0.3, 0.4) is 0 Å². The van der Waals surface area contributed by atoms with Crippen LogP contribution in [0.5, 0.6) is 0 Å². The number of hydrogen-bond donors (Lipinski definition) is 2. The molecule has 1 aliphatic heterocycles. The lowest BCUT2D eigenvalue weighted by molar-refractivity contribution is -0.141. The minimum absolute atomic E-state index is 0.0156. The fourth-order valence-electron chi connectivity index (χ4n) is 3.19. The first-order chi connectivity index (χ1) is 10.6. The van der Waals surface area contributed by atoms with Gasteiger partial charge in [0.1, 0.15) is 0 Å². The second kappa shape index (κ2) is 6.20. The third kappa shape index (κ3) is 3.12. The fourth-order valence-corrected chi connectivity index (χ4v) is 3.19. The highest BCUT2D eigenvalue weighted by Crippen LogP contribution is 2.34. The number of nitrogens with two attached hydrogens (primary N) is 1. The van der Waals surface area contributed by atoms with Gasteiger partial charge in [-0.25, -0.2) is 0 Å². The summed E-state index contributed by atoms with van der Waals surface area (Å²) in [7, 11) is 0. The molecule has 114 valence electrons. The molecule has 2 aromatic carbocycles. The Balaban J connectivity index is 1.77. The van der Waals surface area contributed by atoms with Crippen molar-refractivity contribution in [1.82, 2.24) is 4.90 Å². The Labute approximate surface area is 130 Å². The molecule has 3 rings (SSSR count). The number of nitrogens with zero attached hydrogens (tertiary/aromatic N) is 1. The van der Waals surface area contributed by atoms with Crippen LogP contribution in [0.2, 0.25) is 0 Å². The van der Waals surface area contributed by atoms with Crippen molar-refractivity contribution < 1.29 is 9.90 Å². The third-order valence-electron chi connectivity index (χ3n) is 4.33. The minimum atomic E-state index is -0.725. The van der Waals surface area contributed by atoms with E-state index in [-0.39, 0.29) is 11.8 Å². The van der Waals surface area contributed by atoms with Gasteiger partial charge in [0.25, 0.3) is 0 Å². The summed E-state index contributed by atoms with van der Waals surface area (Å²) in [6.07, 6.45) is 0. The van der Waals surface area contributed by atoms with Crippen molar-refractivity contribution in [2.45, 2.75) is 12.5 Å². The average Bonchev–Trinajstić information content (AvgIpc) is 2.93. The summed E-state index contributed by atoms with van der Waals surface area (Å²) in [6.45, 7) is 2.13. The summed E-state index contributed by atoms with van der Waals surface area (Å²) >= 11 is 0. The van der Waals surface area contributed by atoms with Gasteiger partial charge in [-0.3, -0.25) is 9.69 Å². The second-order valence-electron chi connectivity index (χ2n) is 5.90. The van der Waals surface area contributed by atoms with Crippen molar-refractivity contribution in [3.8, 4) is 0 Å². The van der Waals surface area contributed by atoms with E-state index in [4.69, 9.17) is 5.73 Å². The van der Waals surface area contributed by atoms with Gasteiger partial charge in [-0.05, 0) is 23.3 Å². The van der Waals surface area contributed by atoms with Crippen molar-refractivity contribution in [1.29, 1.82) is 0 Å². The number of anilines is 1. The Hall–Kier alpha value is -2.33. The van der Waals surface area contributed by atoms with Gasteiger partial charge in [-0.2, -0.15) is 0 Å². The number of likely N-dealkylation sites (tertiary alicyclic amines) is 1. The smallest absolute Gasteiger partial charge is 0.308 e. The first-order valence-electron chi connectivity index (χ1n) is 7.48. The Morgan fingerprint density at radius 1 is 1.09 bits per heavy atom. The van der Waals surface area contributed by atoms with Crippen LogP contribution in [0, 0.1) is 5.92 Å². The van der Waals surface area contributed by atoms with Gasteiger partial charge in [0.05, 0.1) is 5.92 Å². The number of carbonyl (C=O) groups is 1. The molecular weight excluding hydrogens is 276 g/mol. The average molecular weight is 296 g/mol. The summed E-state index contributed by atoms with van der Waals surface area (Å²) in [5, 5.41) is 9.53. The summed E-state index contributed by atoms with van der Waals surface area (Å²) < 4.78 is 0. The van der Waals surface area contributed by atoms with Crippen molar-refractivity contribution in [2.24, 2.45) is 5.92 Å². The molecule has 0 radical (unpaired) electrons. The van der Waals surface area contributed by atoms with Crippen LogP contribution < -0.4 is 5.73 Å². The number of rotatable bonds is 4. The summed E-state index contributed by atoms with van der Waals surface area (Å²) in [5.74, 6) is -1.08. The first-order valence-corrected chi connectivity index (χ1v) is 7.48. The molecule has 2 unspecified atom stereocenters. The molecule has 0 aromatic heterocycles. The second-order valence-corrected chi connectivity index (χ2v) is 5.90. The molecule has 1 saturated heterocycles. The summed E-state index contributed by atoms with van der Waals surface area (Å²) in [4.78, 5) is 13.8. The lowest BCUT2D eigenvalue weighted by Crippen LogP contribution is -2.23. The zero-order chi connectivity index (χ0) is 15.5. The number of carboxylic acids is 1. The van der Waals surface area contributed by atoms with E-state index < -0.39 is 5.97 Å². The van der Waals surface area contributed by atoms with Crippen LogP contribution in [-0.4, -0.2) is 29.1 Å². The first kappa shape index (κ1) is 14.6. The Morgan fingerprint density at radius 3 is 2.41 bits per heavy atom. The molecule has 1 aliphatic rings. The predicted molar refractivity (Wildman–Crippen MR) is 86.4 cm³/mol. The molecule has 0 amide bonds. The molecule has 2 aromatic rings. The summed E-state index contributed by atoms with van der Waals surface area (Å²) in [6, 6.07) is 17.7. The van der Waals surface area contributed by atoms with Crippen LogP contribution in [0.15, 0.2) is 54.6 Å². The van der Waals surface area contributed by atoms with E-state index in [0.717, 1.165) is 18.7 Å². The van der Waals surface area contributed by atoms with Gasteiger partial charge < -0.3 is 10.8 Å². The van der Waals surface area contributed by atoms with Gasteiger partial charge in [-0.1, -0.05) is 42.5 Å². The quantitative estimate of drug-likeness (QED) is 0.851. The number of hydrogen-bond acceptors (Lipinski definition) is 3. The van der Waals surface area contributed by atoms with E-state index in [0.29, 0.717) is 12.2 Å². The number of aliphatic carboxylic acids is 1. The van der Waals surface area contributed by atoms with E-state index >= 15 is 0 Å². The van der Waals surface area contributed by atoms with Crippen LogP contribution >= 0.6 is 0 Å². The lowest BCUT2D eigenvalue weighted by Gasteiger charge is -2.16.